The third kappa shape index (κ3) is 6.12. The first-order chi connectivity index (χ1) is 16.2. The standard InChI is InChI=1S/C22H23ClN6O4S/c1-13(2)19(25-21(31)16-6-4-5-7-17(16)23)20-26-27-22(28(20)3)34-12-18(30)24-14-8-10-15(11-9-14)29(32)33/h4-11,13,19H,12H2,1-3H3,(H,24,30)(H,25,31)/t19-/m1/s1. The number of rotatable bonds is 9. The maximum Gasteiger partial charge on any atom is 0.269 e. The highest BCUT2D eigenvalue weighted by Gasteiger charge is 2.26. The summed E-state index contributed by atoms with van der Waals surface area (Å²) < 4.78 is 1.74. The van der Waals surface area contributed by atoms with Gasteiger partial charge in [-0.15, -0.1) is 10.2 Å². The van der Waals surface area contributed by atoms with Gasteiger partial charge in [0.1, 0.15) is 0 Å². The van der Waals surface area contributed by atoms with E-state index in [1.165, 1.54) is 36.0 Å². The van der Waals surface area contributed by atoms with Crippen LogP contribution >= 0.6 is 23.4 Å². The predicted molar refractivity (Wildman–Crippen MR) is 130 cm³/mol. The van der Waals surface area contributed by atoms with E-state index in [4.69, 9.17) is 11.6 Å². The van der Waals surface area contributed by atoms with Crippen molar-refractivity contribution in [3.05, 3.63) is 75.1 Å². The summed E-state index contributed by atoms with van der Waals surface area (Å²) >= 11 is 7.33. The second kappa shape index (κ2) is 11.1. The van der Waals surface area contributed by atoms with Crippen molar-refractivity contribution in [1.82, 2.24) is 20.1 Å². The Morgan fingerprint density at radius 2 is 1.82 bits per heavy atom. The molecule has 1 aromatic heterocycles. The first-order valence-electron chi connectivity index (χ1n) is 10.3. The third-order valence-electron chi connectivity index (χ3n) is 4.91. The van der Waals surface area contributed by atoms with Crippen LogP contribution in [0.25, 0.3) is 0 Å². The smallest absolute Gasteiger partial charge is 0.269 e. The van der Waals surface area contributed by atoms with Crippen LogP contribution in [0, 0.1) is 16.0 Å². The van der Waals surface area contributed by atoms with Crippen LogP contribution < -0.4 is 10.6 Å². The maximum absolute atomic E-state index is 12.8. The van der Waals surface area contributed by atoms with Crippen LogP contribution in [0.15, 0.2) is 53.7 Å². The second-order valence-corrected chi connectivity index (χ2v) is 9.07. The molecule has 10 nitrogen and oxygen atoms in total. The lowest BCUT2D eigenvalue weighted by atomic mass is 10.0. The number of non-ortho nitro benzene ring substituents is 1. The van der Waals surface area contributed by atoms with Crippen LogP contribution in [-0.4, -0.2) is 37.3 Å². The Morgan fingerprint density at radius 3 is 2.44 bits per heavy atom. The van der Waals surface area contributed by atoms with Crippen LogP contribution in [0.2, 0.25) is 5.02 Å². The highest BCUT2D eigenvalue weighted by molar-refractivity contribution is 7.99. The molecule has 2 aromatic carbocycles. The number of nitro groups is 1. The van der Waals surface area contributed by atoms with Crippen molar-refractivity contribution in [2.45, 2.75) is 25.0 Å². The van der Waals surface area contributed by atoms with E-state index in [1.54, 1.807) is 35.9 Å². The topological polar surface area (TPSA) is 132 Å². The fourth-order valence-corrected chi connectivity index (χ4v) is 4.05. The monoisotopic (exact) mass is 502 g/mol. The van der Waals surface area contributed by atoms with E-state index >= 15 is 0 Å². The molecule has 1 heterocycles. The summed E-state index contributed by atoms with van der Waals surface area (Å²) in [5.74, 6) is 0.00694. The Bertz CT molecular complexity index is 1200. The summed E-state index contributed by atoms with van der Waals surface area (Å²) in [5.41, 5.74) is 0.770. The lowest BCUT2D eigenvalue weighted by molar-refractivity contribution is -0.384. The Kier molecular flexibility index (Phi) is 8.24. The van der Waals surface area contributed by atoms with Gasteiger partial charge in [-0.05, 0) is 30.2 Å². The fourth-order valence-electron chi connectivity index (χ4n) is 3.11. The minimum absolute atomic E-state index is 0.0117. The van der Waals surface area contributed by atoms with Crippen LogP contribution in [0.4, 0.5) is 11.4 Å². The minimum atomic E-state index is -0.506. The first-order valence-corrected chi connectivity index (χ1v) is 11.7. The van der Waals surface area contributed by atoms with Crippen LogP contribution in [-0.2, 0) is 11.8 Å². The molecular formula is C22H23ClN6O4S. The number of halogens is 1. The van der Waals surface area contributed by atoms with Crippen molar-refractivity contribution in [3.8, 4) is 0 Å². The molecule has 0 unspecified atom stereocenters. The maximum atomic E-state index is 12.8. The van der Waals surface area contributed by atoms with E-state index < -0.39 is 11.0 Å². The van der Waals surface area contributed by atoms with Crippen LogP contribution in [0.3, 0.4) is 0 Å². The molecule has 0 saturated heterocycles. The predicted octanol–water partition coefficient (Wildman–Crippen LogP) is 4.23. The van der Waals surface area contributed by atoms with Gasteiger partial charge in [-0.25, -0.2) is 0 Å². The van der Waals surface area contributed by atoms with Gasteiger partial charge in [0.25, 0.3) is 11.6 Å². The number of thioether (sulfide) groups is 1. The zero-order valence-electron chi connectivity index (χ0n) is 18.7. The van der Waals surface area contributed by atoms with Crippen molar-refractivity contribution >= 4 is 46.6 Å². The van der Waals surface area contributed by atoms with Crippen molar-refractivity contribution < 1.29 is 14.5 Å². The van der Waals surface area contributed by atoms with E-state index in [-0.39, 0.29) is 29.2 Å². The molecule has 2 amide bonds. The molecule has 3 rings (SSSR count). The van der Waals surface area contributed by atoms with Gasteiger partial charge < -0.3 is 15.2 Å². The number of nitrogens with one attached hydrogen (secondary N) is 2. The van der Waals surface area contributed by atoms with Gasteiger partial charge in [-0.2, -0.15) is 0 Å². The minimum Gasteiger partial charge on any atom is -0.342 e. The van der Waals surface area contributed by atoms with Gasteiger partial charge in [0.15, 0.2) is 11.0 Å². The number of hydrogen-bond acceptors (Lipinski definition) is 7. The summed E-state index contributed by atoms with van der Waals surface area (Å²) in [6.07, 6.45) is 0. The first kappa shape index (κ1) is 25.2. The van der Waals surface area contributed by atoms with Gasteiger partial charge in [0.2, 0.25) is 5.91 Å². The zero-order chi connectivity index (χ0) is 24.8. The molecule has 0 fully saturated rings. The molecule has 3 aromatic rings. The van der Waals surface area contributed by atoms with Crippen molar-refractivity contribution in [2.75, 3.05) is 11.1 Å². The van der Waals surface area contributed by atoms with E-state index in [0.717, 1.165) is 0 Å². The van der Waals surface area contributed by atoms with Crippen molar-refractivity contribution in [3.63, 3.8) is 0 Å². The number of carbonyl (C=O) groups is 2. The Hall–Kier alpha value is -3.44. The molecule has 12 heteroatoms. The molecule has 178 valence electrons. The molecular weight excluding hydrogens is 480 g/mol. The van der Waals surface area contributed by atoms with Crippen molar-refractivity contribution in [2.24, 2.45) is 13.0 Å². The van der Waals surface area contributed by atoms with Gasteiger partial charge in [-0.1, -0.05) is 49.3 Å². The molecule has 0 bridgehead atoms. The van der Waals surface area contributed by atoms with Gasteiger partial charge in [0.05, 0.1) is 27.3 Å². The normalized spacial score (nSPS) is 11.8. The Balaban J connectivity index is 1.65. The number of amides is 2. The molecule has 0 radical (unpaired) electrons. The van der Waals surface area contributed by atoms with E-state index in [9.17, 15) is 19.7 Å². The molecule has 34 heavy (non-hydrogen) atoms. The van der Waals surface area contributed by atoms with E-state index in [1.807, 2.05) is 13.8 Å². The largest absolute Gasteiger partial charge is 0.342 e. The van der Waals surface area contributed by atoms with E-state index in [0.29, 0.717) is 27.3 Å². The Labute approximate surface area is 205 Å². The van der Waals surface area contributed by atoms with E-state index in [2.05, 4.69) is 20.8 Å². The molecule has 0 aliphatic heterocycles. The molecule has 0 spiro atoms. The number of hydrogen-bond donors (Lipinski definition) is 2. The summed E-state index contributed by atoms with van der Waals surface area (Å²) in [5, 5.41) is 25.7. The van der Waals surface area contributed by atoms with Crippen LogP contribution in [0.5, 0.6) is 0 Å². The number of nitrogens with zero attached hydrogens (tertiary/aromatic N) is 4. The fraction of sp³-hybridized carbons (Fsp3) is 0.273. The lowest BCUT2D eigenvalue weighted by Gasteiger charge is -2.22. The SMILES string of the molecule is CC(C)[C@@H](NC(=O)c1ccccc1Cl)c1nnc(SCC(=O)Nc2ccc([N+](=O)[O-])cc2)n1C. The molecule has 2 N–H and O–H groups in total. The van der Waals surface area contributed by atoms with Gasteiger partial charge in [0, 0.05) is 24.9 Å². The lowest BCUT2D eigenvalue weighted by Crippen LogP contribution is -2.33. The molecule has 0 saturated carbocycles. The highest BCUT2D eigenvalue weighted by Crippen LogP contribution is 2.25. The number of aromatic nitrogens is 3. The summed E-state index contributed by atoms with van der Waals surface area (Å²) in [6.45, 7) is 3.91. The Morgan fingerprint density at radius 1 is 1.15 bits per heavy atom. The summed E-state index contributed by atoms with van der Waals surface area (Å²) in [7, 11) is 1.77. The van der Waals surface area contributed by atoms with Crippen LogP contribution in [0.1, 0.15) is 36.1 Å². The summed E-state index contributed by atoms with van der Waals surface area (Å²) in [4.78, 5) is 35.3. The number of benzene rings is 2. The summed E-state index contributed by atoms with van der Waals surface area (Å²) in [6, 6.07) is 11.9. The highest BCUT2D eigenvalue weighted by atomic mass is 35.5. The van der Waals surface area contributed by atoms with Gasteiger partial charge >= 0.3 is 0 Å². The average Bonchev–Trinajstić information content (AvgIpc) is 3.16. The number of anilines is 1. The van der Waals surface area contributed by atoms with Gasteiger partial charge in [-0.3, -0.25) is 19.7 Å². The third-order valence-corrected chi connectivity index (χ3v) is 6.26. The zero-order valence-corrected chi connectivity index (χ0v) is 20.3. The number of carbonyl (C=O) groups excluding carboxylic acids is 2. The number of nitro benzene ring substituents is 1. The second-order valence-electron chi connectivity index (χ2n) is 7.72. The quantitative estimate of drug-likeness (QED) is 0.254. The van der Waals surface area contributed by atoms with Crippen molar-refractivity contribution in [1.29, 1.82) is 0 Å². The molecule has 0 aliphatic rings. The molecule has 1 atom stereocenters. The average molecular weight is 503 g/mol. The molecule has 0 aliphatic carbocycles.